The van der Waals surface area contributed by atoms with Crippen LogP contribution < -0.4 is 5.32 Å². The van der Waals surface area contributed by atoms with Gasteiger partial charge in [0.15, 0.2) is 0 Å². The number of hydrogen-bond acceptors (Lipinski definition) is 3. The molecule has 0 rings (SSSR count). The van der Waals surface area contributed by atoms with E-state index in [1.165, 1.54) is 6.92 Å². The Labute approximate surface area is 71.6 Å². The molecule has 1 atom stereocenters. The highest BCUT2D eigenvalue weighted by Gasteiger charge is 2.05. The molecule has 0 aliphatic rings. The van der Waals surface area contributed by atoms with E-state index in [0.717, 1.165) is 0 Å². The number of amides is 1. The van der Waals surface area contributed by atoms with Crippen molar-refractivity contribution in [1.82, 2.24) is 5.32 Å². The van der Waals surface area contributed by atoms with Crippen molar-refractivity contribution in [3.05, 3.63) is 0 Å². The molecule has 0 aliphatic carbocycles. The van der Waals surface area contributed by atoms with Gasteiger partial charge in [0, 0.05) is 6.54 Å². The lowest BCUT2D eigenvalue weighted by Crippen LogP contribution is -2.28. The molecule has 4 heteroatoms. The smallest absolute Gasteiger partial charge is 0.227 e. The summed E-state index contributed by atoms with van der Waals surface area (Å²) < 4.78 is 0. The quantitative estimate of drug-likeness (QED) is 0.611. The molecule has 0 saturated carbocycles. The summed E-state index contributed by atoms with van der Waals surface area (Å²) in [7, 11) is 0. The molecule has 0 aromatic rings. The molecule has 66 valence electrons. The van der Waals surface area contributed by atoms with Crippen LogP contribution in [-0.4, -0.2) is 18.2 Å². The van der Waals surface area contributed by atoms with Gasteiger partial charge in [0.25, 0.3) is 0 Å². The lowest BCUT2D eigenvalue weighted by atomic mass is 10.2. The SMILES string of the molecule is CC(=O)CC(=O)NCC(C)C#N. The average Bonchev–Trinajstić information content (AvgIpc) is 1.99. The minimum absolute atomic E-state index is 0.0991. The van der Waals surface area contributed by atoms with Crippen molar-refractivity contribution in [3.8, 4) is 6.07 Å². The van der Waals surface area contributed by atoms with Crippen LogP contribution >= 0.6 is 0 Å². The summed E-state index contributed by atoms with van der Waals surface area (Å²) in [5.74, 6) is -0.692. The number of nitrogens with one attached hydrogen (secondary N) is 1. The lowest BCUT2D eigenvalue weighted by molar-refractivity contribution is -0.127. The van der Waals surface area contributed by atoms with Crippen LogP contribution in [0.25, 0.3) is 0 Å². The normalized spacial score (nSPS) is 11.4. The van der Waals surface area contributed by atoms with Gasteiger partial charge in [-0.05, 0) is 13.8 Å². The molecule has 0 fully saturated rings. The zero-order valence-electron chi connectivity index (χ0n) is 7.26. The van der Waals surface area contributed by atoms with Crippen molar-refractivity contribution in [3.63, 3.8) is 0 Å². The van der Waals surface area contributed by atoms with Gasteiger partial charge in [-0.2, -0.15) is 5.26 Å². The van der Waals surface area contributed by atoms with E-state index in [0.29, 0.717) is 6.54 Å². The van der Waals surface area contributed by atoms with E-state index in [-0.39, 0.29) is 24.0 Å². The summed E-state index contributed by atoms with van der Waals surface area (Å²) >= 11 is 0. The fraction of sp³-hybridized carbons (Fsp3) is 0.625. The van der Waals surface area contributed by atoms with E-state index in [1.807, 2.05) is 6.07 Å². The zero-order chi connectivity index (χ0) is 9.56. The average molecular weight is 168 g/mol. The van der Waals surface area contributed by atoms with Crippen molar-refractivity contribution in [1.29, 1.82) is 5.26 Å². The molecule has 0 aliphatic heterocycles. The first-order valence-electron chi connectivity index (χ1n) is 3.72. The molecule has 0 aromatic carbocycles. The van der Waals surface area contributed by atoms with Gasteiger partial charge in [0.05, 0.1) is 18.4 Å². The number of rotatable bonds is 4. The first-order valence-corrected chi connectivity index (χ1v) is 3.72. The number of nitriles is 1. The van der Waals surface area contributed by atoms with Gasteiger partial charge >= 0.3 is 0 Å². The molecular weight excluding hydrogens is 156 g/mol. The molecule has 0 radical (unpaired) electrons. The highest BCUT2D eigenvalue weighted by atomic mass is 16.2. The van der Waals surface area contributed by atoms with Gasteiger partial charge in [-0.25, -0.2) is 0 Å². The maximum atomic E-state index is 10.8. The Bertz CT molecular complexity index is 218. The molecule has 0 aromatic heterocycles. The van der Waals surface area contributed by atoms with Crippen LogP contribution in [0.5, 0.6) is 0 Å². The van der Waals surface area contributed by atoms with E-state index in [9.17, 15) is 9.59 Å². The van der Waals surface area contributed by atoms with E-state index in [2.05, 4.69) is 5.32 Å². The predicted molar refractivity (Wildman–Crippen MR) is 43.1 cm³/mol. The molecule has 12 heavy (non-hydrogen) atoms. The topological polar surface area (TPSA) is 70.0 Å². The number of nitrogens with zero attached hydrogens (tertiary/aromatic N) is 1. The Hall–Kier alpha value is -1.37. The molecule has 0 bridgehead atoms. The van der Waals surface area contributed by atoms with Crippen LogP contribution in [0.15, 0.2) is 0 Å². The molecule has 4 nitrogen and oxygen atoms in total. The van der Waals surface area contributed by atoms with Gasteiger partial charge < -0.3 is 5.32 Å². The number of carbonyl (C=O) groups is 2. The number of ketones is 1. The standard InChI is InChI=1S/C8H12N2O2/c1-6(4-9)5-10-8(12)3-7(2)11/h6H,3,5H2,1-2H3,(H,10,12). The molecule has 0 saturated heterocycles. The van der Waals surface area contributed by atoms with Crippen LogP contribution in [0.1, 0.15) is 20.3 Å². The molecule has 1 unspecified atom stereocenters. The number of carbonyl (C=O) groups excluding carboxylic acids is 2. The van der Waals surface area contributed by atoms with Gasteiger partial charge in [-0.15, -0.1) is 0 Å². The number of hydrogen-bond donors (Lipinski definition) is 1. The zero-order valence-corrected chi connectivity index (χ0v) is 7.26. The van der Waals surface area contributed by atoms with Crippen LogP contribution in [0.3, 0.4) is 0 Å². The lowest BCUT2D eigenvalue weighted by Gasteiger charge is -2.03. The summed E-state index contributed by atoms with van der Waals surface area (Å²) in [6, 6.07) is 1.97. The second-order valence-electron chi connectivity index (χ2n) is 2.71. The van der Waals surface area contributed by atoms with Gasteiger partial charge in [-0.1, -0.05) is 0 Å². The second kappa shape index (κ2) is 5.30. The van der Waals surface area contributed by atoms with Crippen molar-refractivity contribution in [2.24, 2.45) is 5.92 Å². The van der Waals surface area contributed by atoms with Crippen LogP contribution in [0.2, 0.25) is 0 Å². The molecule has 0 spiro atoms. The third-order valence-corrected chi connectivity index (χ3v) is 1.24. The molecule has 1 N–H and O–H groups in total. The second-order valence-corrected chi connectivity index (χ2v) is 2.71. The Balaban J connectivity index is 3.59. The first kappa shape index (κ1) is 10.6. The predicted octanol–water partition coefficient (Wildman–Crippen LogP) is 0.241. The Morgan fingerprint density at radius 2 is 2.17 bits per heavy atom. The van der Waals surface area contributed by atoms with E-state index in [1.54, 1.807) is 6.92 Å². The van der Waals surface area contributed by atoms with E-state index >= 15 is 0 Å². The van der Waals surface area contributed by atoms with E-state index < -0.39 is 0 Å². The van der Waals surface area contributed by atoms with Crippen LogP contribution in [0.4, 0.5) is 0 Å². The maximum Gasteiger partial charge on any atom is 0.227 e. The third-order valence-electron chi connectivity index (χ3n) is 1.24. The monoisotopic (exact) mass is 168 g/mol. The van der Waals surface area contributed by atoms with Gasteiger partial charge in [0.1, 0.15) is 5.78 Å². The van der Waals surface area contributed by atoms with Crippen molar-refractivity contribution in [2.45, 2.75) is 20.3 Å². The minimum Gasteiger partial charge on any atom is -0.354 e. The summed E-state index contributed by atoms with van der Waals surface area (Å²) in [6.45, 7) is 3.37. The van der Waals surface area contributed by atoms with Crippen LogP contribution in [-0.2, 0) is 9.59 Å². The minimum atomic E-state index is -0.315. The first-order chi connectivity index (χ1) is 5.56. The Kier molecular flexibility index (Phi) is 4.70. The molecular formula is C8H12N2O2. The van der Waals surface area contributed by atoms with Crippen molar-refractivity contribution >= 4 is 11.7 Å². The molecule has 1 amide bonds. The summed E-state index contributed by atoms with van der Waals surface area (Å²) in [5.41, 5.74) is 0. The fourth-order valence-corrected chi connectivity index (χ4v) is 0.601. The largest absolute Gasteiger partial charge is 0.354 e. The highest BCUT2D eigenvalue weighted by molar-refractivity contribution is 5.96. The summed E-state index contributed by atoms with van der Waals surface area (Å²) in [5, 5.41) is 10.8. The van der Waals surface area contributed by atoms with Crippen molar-refractivity contribution < 1.29 is 9.59 Å². The highest BCUT2D eigenvalue weighted by Crippen LogP contribution is 1.89. The van der Waals surface area contributed by atoms with E-state index in [4.69, 9.17) is 5.26 Å². The Morgan fingerprint density at radius 1 is 1.58 bits per heavy atom. The summed E-state index contributed by atoms with van der Waals surface area (Å²) in [4.78, 5) is 21.3. The summed E-state index contributed by atoms with van der Waals surface area (Å²) in [6.07, 6.45) is -0.0991. The fourth-order valence-electron chi connectivity index (χ4n) is 0.601. The van der Waals surface area contributed by atoms with Gasteiger partial charge in [-0.3, -0.25) is 9.59 Å². The molecule has 0 heterocycles. The third kappa shape index (κ3) is 5.42. The number of Topliss-reactive ketones (excluding diaryl/α,β-unsaturated/α-hetero) is 1. The van der Waals surface area contributed by atoms with Crippen molar-refractivity contribution in [2.75, 3.05) is 6.54 Å². The van der Waals surface area contributed by atoms with Gasteiger partial charge in [0.2, 0.25) is 5.91 Å². The maximum absolute atomic E-state index is 10.8. The Morgan fingerprint density at radius 3 is 2.58 bits per heavy atom. The van der Waals surface area contributed by atoms with Crippen LogP contribution in [0, 0.1) is 17.2 Å².